The number of urea groups is 1. The summed E-state index contributed by atoms with van der Waals surface area (Å²) in [5, 5.41) is 4.99. The zero-order valence-corrected chi connectivity index (χ0v) is 13.2. The van der Waals surface area contributed by atoms with Crippen molar-refractivity contribution in [3.8, 4) is 0 Å². The standard InChI is InChI=1S/C15H11ClN4O4/c1-6-3-2-4-20-12(6)19-11(16)9(13(20)21)10-8-7(5-24-14(8)22)17-15(23)18-10/h2-4,10H,5H2,1H3,(H2,17,18,23). The highest BCUT2D eigenvalue weighted by atomic mass is 35.5. The maximum atomic E-state index is 12.9. The average molecular weight is 347 g/mol. The number of carbonyl (C=O) groups is 2. The predicted molar refractivity (Wildman–Crippen MR) is 83.6 cm³/mol. The van der Waals surface area contributed by atoms with E-state index in [1.165, 1.54) is 4.40 Å². The Labute approximate surface area is 140 Å². The Bertz CT molecular complexity index is 1010. The quantitative estimate of drug-likeness (QED) is 0.588. The van der Waals surface area contributed by atoms with Crippen LogP contribution in [0.15, 0.2) is 34.4 Å². The monoisotopic (exact) mass is 346 g/mol. The van der Waals surface area contributed by atoms with Gasteiger partial charge in [-0.1, -0.05) is 17.7 Å². The number of aryl methyl sites for hydroxylation is 1. The smallest absolute Gasteiger partial charge is 0.338 e. The molecule has 2 aromatic heterocycles. The van der Waals surface area contributed by atoms with E-state index in [0.717, 1.165) is 5.56 Å². The number of aromatic nitrogens is 2. The molecule has 0 bridgehead atoms. The van der Waals surface area contributed by atoms with Gasteiger partial charge < -0.3 is 15.4 Å². The second-order valence-corrected chi connectivity index (χ2v) is 5.86. The van der Waals surface area contributed by atoms with Gasteiger partial charge in [-0.25, -0.2) is 14.6 Å². The normalized spacial score (nSPS) is 19.8. The molecule has 0 radical (unpaired) electrons. The van der Waals surface area contributed by atoms with E-state index in [-0.39, 0.29) is 22.9 Å². The van der Waals surface area contributed by atoms with Gasteiger partial charge in [-0.3, -0.25) is 9.20 Å². The van der Waals surface area contributed by atoms with Crippen LogP contribution >= 0.6 is 11.6 Å². The fraction of sp³-hybridized carbons (Fsp3) is 0.200. The van der Waals surface area contributed by atoms with Gasteiger partial charge in [-0.2, -0.15) is 0 Å². The number of amides is 2. The van der Waals surface area contributed by atoms with Crippen LogP contribution in [0, 0.1) is 6.92 Å². The molecule has 0 saturated heterocycles. The predicted octanol–water partition coefficient (Wildman–Crippen LogP) is 0.821. The van der Waals surface area contributed by atoms with Gasteiger partial charge >= 0.3 is 12.0 Å². The largest absolute Gasteiger partial charge is 0.456 e. The molecule has 2 aliphatic heterocycles. The van der Waals surface area contributed by atoms with Gasteiger partial charge in [-0.15, -0.1) is 0 Å². The van der Waals surface area contributed by atoms with E-state index >= 15 is 0 Å². The molecular weight excluding hydrogens is 336 g/mol. The molecule has 0 aliphatic carbocycles. The fourth-order valence-corrected chi connectivity index (χ4v) is 3.20. The van der Waals surface area contributed by atoms with Crippen LogP contribution in [0.4, 0.5) is 4.79 Å². The van der Waals surface area contributed by atoms with Crippen molar-refractivity contribution in [3.05, 3.63) is 56.2 Å². The molecule has 2 aliphatic rings. The highest BCUT2D eigenvalue weighted by molar-refractivity contribution is 6.30. The van der Waals surface area contributed by atoms with Gasteiger partial charge in [0.1, 0.15) is 17.4 Å². The maximum absolute atomic E-state index is 12.9. The Balaban J connectivity index is 2.00. The first-order valence-corrected chi connectivity index (χ1v) is 7.50. The Kier molecular flexibility index (Phi) is 3.10. The number of rotatable bonds is 1. The first kappa shape index (κ1) is 14.7. The minimum Gasteiger partial charge on any atom is -0.456 e. The molecule has 24 heavy (non-hydrogen) atoms. The summed E-state index contributed by atoms with van der Waals surface area (Å²) < 4.78 is 6.28. The summed E-state index contributed by atoms with van der Waals surface area (Å²) >= 11 is 6.23. The van der Waals surface area contributed by atoms with E-state index in [1.54, 1.807) is 25.3 Å². The van der Waals surface area contributed by atoms with Crippen molar-refractivity contribution in [1.29, 1.82) is 0 Å². The third kappa shape index (κ3) is 2.00. The van der Waals surface area contributed by atoms with Gasteiger partial charge in [-0.05, 0) is 18.6 Å². The number of hydrogen-bond donors (Lipinski definition) is 2. The molecule has 9 heteroatoms. The van der Waals surface area contributed by atoms with Crippen LogP contribution in [-0.2, 0) is 9.53 Å². The van der Waals surface area contributed by atoms with E-state index in [0.29, 0.717) is 11.3 Å². The lowest BCUT2D eigenvalue weighted by molar-refractivity contribution is -0.136. The Hall–Kier alpha value is -2.87. The molecule has 0 aromatic carbocycles. The molecule has 0 saturated carbocycles. The summed E-state index contributed by atoms with van der Waals surface area (Å²) in [6.45, 7) is 1.76. The summed E-state index contributed by atoms with van der Waals surface area (Å²) in [7, 11) is 0. The van der Waals surface area contributed by atoms with E-state index < -0.39 is 23.6 Å². The van der Waals surface area contributed by atoms with Gasteiger partial charge in [0.25, 0.3) is 5.56 Å². The molecule has 2 amide bonds. The number of halogens is 1. The number of carbonyl (C=O) groups excluding carboxylic acids is 2. The van der Waals surface area contributed by atoms with Crippen molar-refractivity contribution in [2.75, 3.05) is 6.61 Å². The average Bonchev–Trinajstić information content (AvgIpc) is 2.89. The molecule has 0 spiro atoms. The Morgan fingerprint density at radius 3 is 2.96 bits per heavy atom. The fourth-order valence-electron chi connectivity index (χ4n) is 2.93. The lowest BCUT2D eigenvalue weighted by Crippen LogP contribution is -2.46. The van der Waals surface area contributed by atoms with Crippen molar-refractivity contribution in [3.63, 3.8) is 0 Å². The minimum atomic E-state index is -1.01. The summed E-state index contributed by atoms with van der Waals surface area (Å²) in [4.78, 5) is 41.0. The molecule has 122 valence electrons. The van der Waals surface area contributed by atoms with E-state index in [1.807, 2.05) is 0 Å². The first-order chi connectivity index (χ1) is 11.5. The summed E-state index contributed by atoms with van der Waals surface area (Å²) in [6, 6.07) is 1.97. The molecule has 4 rings (SSSR count). The number of nitrogens with zero attached hydrogens (tertiary/aromatic N) is 2. The van der Waals surface area contributed by atoms with Crippen LogP contribution < -0.4 is 16.2 Å². The third-order valence-corrected chi connectivity index (χ3v) is 4.34. The SMILES string of the molecule is Cc1cccn2c(=O)c(C3NC(=O)NC4=C3C(=O)OC4)c(Cl)nc12. The van der Waals surface area contributed by atoms with Gasteiger partial charge in [0.05, 0.1) is 22.9 Å². The molecular formula is C15H11ClN4O4. The lowest BCUT2D eigenvalue weighted by atomic mass is 9.98. The van der Waals surface area contributed by atoms with Crippen LogP contribution in [0.1, 0.15) is 17.2 Å². The molecule has 1 atom stereocenters. The van der Waals surface area contributed by atoms with E-state index in [2.05, 4.69) is 15.6 Å². The second-order valence-electron chi connectivity index (χ2n) is 5.51. The Morgan fingerprint density at radius 2 is 2.17 bits per heavy atom. The van der Waals surface area contributed by atoms with Crippen LogP contribution in [0.5, 0.6) is 0 Å². The van der Waals surface area contributed by atoms with Crippen molar-refractivity contribution in [2.45, 2.75) is 13.0 Å². The molecule has 2 aromatic rings. The second kappa shape index (κ2) is 5.07. The summed E-state index contributed by atoms with van der Waals surface area (Å²) in [5.41, 5.74) is 1.27. The number of hydrogen-bond acceptors (Lipinski definition) is 5. The minimum absolute atomic E-state index is 0.0287. The van der Waals surface area contributed by atoms with Gasteiger partial charge in [0.15, 0.2) is 0 Å². The third-order valence-electron chi connectivity index (χ3n) is 4.05. The molecule has 1 unspecified atom stereocenters. The molecule has 4 heterocycles. The van der Waals surface area contributed by atoms with Crippen molar-refractivity contribution < 1.29 is 14.3 Å². The number of pyridine rings is 1. The molecule has 0 fully saturated rings. The maximum Gasteiger partial charge on any atom is 0.338 e. The zero-order valence-electron chi connectivity index (χ0n) is 12.4. The van der Waals surface area contributed by atoms with Crippen LogP contribution in [0.3, 0.4) is 0 Å². The number of ether oxygens (including phenoxy) is 1. The number of nitrogens with one attached hydrogen (secondary N) is 2. The number of cyclic esters (lactones) is 1. The zero-order chi connectivity index (χ0) is 17.0. The topological polar surface area (TPSA) is 102 Å². The van der Waals surface area contributed by atoms with Gasteiger partial charge in [0, 0.05) is 6.20 Å². The van der Waals surface area contributed by atoms with Crippen molar-refractivity contribution >= 4 is 29.2 Å². The first-order valence-electron chi connectivity index (χ1n) is 7.12. The molecule has 8 nitrogen and oxygen atoms in total. The van der Waals surface area contributed by atoms with E-state index in [9.17, 15) is 14.4 Å². The van der Waals surface area contributed by atoms with Crippen molar-refractivity contribution in [2.24, 2.45) is 0 Å². The highest BCUT2D eigenvalue weighted by Gasteiger charge is 2.40. The van der Waals surface area contributed by atoms with Crippen LogP contribution in [-0.4, -0.2) is 28.0 Å². The van der Waals surface area contributed by atoms with Gasteiger partial charge in [0.2, 0.25) is 0 Å². The summed E-state index contributed by atoms with van der Waals surface area (Å²) in [5.74, 6) is -0.604. The van der Waals surface area contributed by atoms with Crippen LogP contribution in [0.2, 0.25) is 5.15 Å². The highest BCUT2D eigenvalue weighted by Crippen LogP contribution is 2.32. The number of fused-ring (bicyclic) bond motifs is 1. The molecule has 2 N–H and O–H groups in total. The van der Waals surface area contributed by atoms with Crippen molar-refractivity contribution in [1.82, 2.24) is 20.0 Å². The van der Waals surface area contributed by atoms with E-state index in [4.69, 9.17) is 16.3 Å². The van der Waals surface area contributed by atoms with Crippen LogP contribution in [0.25, 0.3) is 5.65 Å². The summed E-state index contributed by atoms with van der Waals surface area (Å²) in [6.07, 6.45) is 1.56. The number of esters is 1. The lowest BCUT2D eigenvalue weighted by Gasteiger charge is -2.24. The Morgan fingerprint density at radius 1 is 1.38 bits per heavy atom.